The van der Waals surface area contributed by atoms with Gasteiger partial charge in [0, 0.05) is 49.7 Å². The molecule has 8 nitrogen and oxygen atoms in total. The molecule has 1 aromatic carbocycles. The summed E-state index contributed by atoms with van der Waals surface area (Å²) in [5.74, 6) is 2.30. The van der Waals surface area contributed by atoms with Crippen LogP contribution in [0.3, 0.4) is 0 Å². The number of nitrogens with zero attached hydrogens (tertiary/aromatic N) is 3. The number of aromatic amines is 1. The van der Waals surface area contributed by atoms with Crippen LogP contribution in [0.5, 0.6) is 11.5 Å². The Hall–Kier alpha value is -2.90. The molecule has 4 rings (SSSR count). The van der Waals surface area contributed by atoms with Gasteiger partial charge in [0.1, 0.15) is 0 Å². The van der Waals surface area contributed by atoms with Gasteiger partial charge in [-0.3, -0.25) is 5.10 Å². The first-order valence-corrected chi connectivity index (χ1v) is 7.91. The van der Waals surface area contributed by atoms with E-state index < -0.39 is 0 Å². The van der Waals surface area contributed by atoms with Crippen LogP contribution < -0.4 is 19.7 Å². The lowest BCUT2D eigenvalue weighted by molar-refractivity contribution is 0.174. The number of carbonyl (C=O) groups excluding carboxylic acids is 1. The molecule has 2 N–H and O–H groups in total. The molecule has 0 atom stereocenters. The van der Waals surface area contributed by atoms with Crippen molar-refractivity contribution in [3.8, 4) is 11.5 Å². The van der Waals surface area contributed by atoms with Crippen molar-refractivity contribution < 1.29 is 14.3 Å². The molecule has 0 unspecified atom stereocenters. The van der Waals surface area contributed by atoms with Gasteiger partial charge in [0.15, 0.2) is 17.3 Å². The van der Waals surface area contributed by atoms with Crippen LogP contribution in [-0.4, -0.2) is 54.1 Å². The van der Waals surface area contributed by atoms with Crippen molar-refractivity contribution in [1.29, 1.82) is 0 Å². The van der Waals surface area contributed by atoms with Crippen molar-refractivity contribution in [2.24, 2.45) is 0 Å². The summed E-state index contributed by atoms with van der Waals surface area (Å²) in [5.41, 5.74) is 1.74. The summed E-state index contributed by atoms with van der Waals surface area (Å²) in [6, 6.07) is 7.31. The lowest BCUT2D eigenvalue weighted by atomic mass is 10.2. The highest BCUT2D eigenvalue weighted by atomic mass is 16.7. The Balaban J connectivity index is 1.34. The van der Waals surface area contributed by atoms with Crippen LogP contribution in [0, 0.1) is 6.92 Å². The fraction of sp³-hybridized carbons (Fsp3) is 0.375. The van der Waals surface area contributed by atoms with E-state index in [0.29, 0.717) is 30.3 Å². The number of aryl methyl sites for hydroxylation is 1. The maximum atomic E-state index is 12.4. The molecule has 2 aliphatic heterocycles. The molecule has 2 aliphatic rings. The molecule has 3 heterocycles. The lowest BCUT2D eigenvalue weighted by Crippen LogP contribution is -2.50. The number of amides is 2. The van der Waals surface area contributed by atoms with Crippen molar-refractivity contribution in [2.45, 2.75) is 6.92 Å². The van der Waals surface area contributed by atoms with Crippen molar-refractivity contribution in [3.05, 3.63) is 30.0 Å². The third-order valence-electron chi connectivity index (χ3n) is 4.21. The van der Waals surface area contributed by atoms with E-state index in [4.69, 9.17) is 9.47 Å². The second-order valence-corrected chi connectivity index (χ2v) is 5.88. The summed E-state index contributed by atoms with van der Waals surface area (Å²) in [6.45, 7) is 5.04. The normalized spacial score (nSPS) is 16.4. The zero-order valence-electron chi connectivity index (χ0n) is 13.4. The molecule has 1 aromatic heterocycles. The average molecular weight is 329 g/mol. The monoisotopic (exact) mass is 329 g/mol. The minimum absolute atomic E-state index is 0.105. The standard InChI is InChI=1S/C16H19N5O3/c1-11-8-15(19-18-11)20-4-6-21(7-5-20)16(22)17-12-2-3-13-14(9-12)24-10-23-13/h2-3,8-9H,4-7,10H2,1H3,(H,17,22)(H,18,19). The number of nitrogens with one attached hydrogen (secondary N) is 2. The largest absolute Gasteiger partial charge is 0.454 e. The minimum Gasteiger partial charge on any atom is -0.454 e. The van der Waals surface area contributed by atoms with Gasteiger partial charge in [-0.1, -0.05) is 0 Å². The Morgan fingerprint density at radius 2 is 1.96 bits per heavy atom. The van der Waals surface area contributed by atoms with E-state index in [1.54, 1.807) is 17.0 Å². The van der Waals surface area contributed by atoms with Gasteiger partial charge < -0.3 is 24.6 Å². The number of benzene rings is 1. The number of hydrogen-bond acceptors (Lipinski definition) is 5. The Morgan fingerprint density at radius 1 is 1.17 bits per heavy atom. The molecule has 2 amide bonds. The summed E-state index contributed by atoms with van der Waals surface area (Å²) in [4.78, 5) is 16.4. The highest BCUT2D eigenvalue weighted by molar-refractivity contribution is 5.90. The lowest BCUT2D eigenvalue weighted by Gasteiger charge is -2.34. The van der Waals surface area contributed by atoms with Crippen LogP contribution in [0.4, 0.5) is 16.3 Å². The van der Waals surface area contributed by atoms with Gasteiger partial charge in [-0.15, -0.1) is 0 Å². The number of fused-ring (bicyclic) bond motifs is 1. The van der Waals surface area contributed by atoms with E-state index in [1.807, 2.05) is 19.1 Å². The van der Waals surface area contributed by atoms with Crippen LogP contribution in [0.2, 0.25) is 0 Å². The Kier molecular flexibility index (Phi) is 3.64. The summed E-state index contributed by atoms with van der Waals surface area (Å²) in [5, 5.41) is 10.1. The van der Waals surface area contributed by atoms with Gasteiger partial charge in [0.2, 0.25) is 6.79 Å². The van der Waals surface area contributed by atoms with Crippen LogP contribution in [0.25, 0.3) is 0 Å². The Labute approximate surface area is 139 Å². The molecular formula is C16H19N5O3. The molecule has 1 fully saturated rings. The van der Waals surface area contributed by atoms with E-state index in [0.717, 1.165) is 24.6 Å². The molecule has 8 heteroatoms. The summed E-state index contributed by atoms with van der Waals surface area (Å²) >= 11 is 0. The fourth-order valence-electron chi connectivity index (χ4n) is 2.88. The zero-order chi connectivity index (χ0) is 16.5. The molecule has 0 saturated carbocycles. The average Bonchev–Trinajstić information content (AvgIpc) is 3.23. The number of carbonyl (C=O) groups is 1. The predicted molar refractivity (Wildman–Crippen MR) is 88.7 cm³/mol. The number of rotatable bonds is 2. The van der Waals surface area contributed by atoms with Crippen molar-refractivity contribution in [1.82, 2.24) is 15.1 Å². The highest BCUT2D eigenvalue weighted by Gasteiger charge is 2.23. The smallest absolute Gasteiger partial charge is 0.321 e. The van der Waals surface area contributed by atoms with Gasteiger partial charge >= 0.3 is 6.03 Å². The van der Waals surface area contributed by atoms with Gasteiger partial charge in [-0.25, -0.2) is 4.79 Å². The van der Waals surface area contributed by atoms with Gasteiger partial charge in [0.25, 0.3) is 0 Å². The molecule has 126 valence electrons. The van der Waals surface area contributed by atoms with Gasteiger partial charge in [-0.05, 0) is 19.1 Å². The van der Waals surface area contributed by atoms with Crippen molar-refractivity contribution >= 4 is 17.5 Å². The first kappa shape index (κ1) is 14.7. The number of piperazine rings is 1. The number of hydrogen-bond donors (Lipinski definition) is 2. The van der Waals surface area contributed by atoms with E-state index in [1.165, 1.54) is 0 Å². The topological polar surface area (TPSA) is 82.7 Å². The minimum atomic E-state index is -0.105. The number of anilines is 2. The number of ether oxygens (including phenoxy) is 2. The number of urea groups is 1. The number of H-pyrrole nitrogens is 1. The summed E-state index contributed by atoms with van der Waals surface area (Å²) < 4.78 is 10.6. The quantitative estimate of drug-likeness (QED) is 0.878. The van der Waals surface area contributed by atoms with Crippen LogP contribution in [0.15, 0.2) is 24.3 Å². The second kappa shape index (κ2) is 5.95. The first-order valence-electron chi connectivity index (χ1n) is 7.91. The number of aromatic nitrogens is 2. The fourth-order valence-corrected chi connectivity index (χ4v) is 2.88. The van der Waals surface area contributed by atoms with Crippen LogP contribution >= 0.6 is 0 Å². The van der Waals surface area contributed by atoms with Crippen molar-refractivity contribution in [3.63, 3.8) is 0 Å². The van der Waals surface area contributed by atoms with Gasteiger partial charge in [0.05, 0.1) is 0 Å². The second-order valence-electron chi connectivity index (χ2n) is 5.88. The molecular weight excluding hydrogens is 310 g/mol. The molecule has 0 radical (unpaired) electrons. The van der Waals surface area contributed by atoms with Gasteiger partial charge in [-0.2, -0.15) is 5.10 Å². The first-order chi connectivity index (χ1) is 11.7. The van der Waals surface area contributed by atoms with Crippen LogP contribution in [0.1, 0.15) is 5.69 Å². The molecule has 2 aromatic rings. The van der Waals surface area contributed by atoms with E-state index in [2.05, 4.69) is 20.4 Å². The Bertz CT molecular complexity index is 752. The van der Waals surface area contributed by atoms with Crippen LogP contribution in [-0.2, 0) is 0 Å². The van der Waals surface area contributed by atoms with E-state index in [-0.39, 0.29) is 12.8 Å². The maximum Gasteiger partial charge on any atom is 0.321 e. The molecule has 1 saturated heterocycles. The third-order valence-corrected chi connectivity index (χ3v) is 4.21. The predicted octanol–water partition coefficient (Wildman–Crippen LogP) is 1.80. The summed E-state index contributed by atoms with van der Waals surface area (Å²) in [7, 11) is 0. The molecule has 0 bridgehead atoms. The summed E-state index contributed by atoms with van der Waals surface area (Å²) in [6.07, 6.45) is 0. The van der Waals surface area contributed by atoms with Crippen molar-refractivity contribution in [2.75, 3.05) is 43.2 Å². The van der Waals surface area contributed by atoms with E-state index >= 15 is 0 Å². The van der Waals surface area contributed by atoms with E-state index in [9.17, 15) is 4.79 Å². The molecule has 24 heavy (non-hydrogen) atoms. The highest BCUT2D eigenvalue weighted by Crippen LogP contribution is 2.34. The zero-order valence-corrected chi connectivity index (χ0v) is 13.4. The third kappa shape index (κ3) is 2.82. The molecule has 0 aliphatic carbocycles. The maximum absolute atomic E-state index is 12.4. The SMILES string of the molecule is Cc1cc(N2CCN(C(=O)Nc3ccc4c(c3)OCO4)CC2)n[nH]1. The Morgan fingerprint density at radius 3 is 2.71 bits per heavy atom. The molecule has 0 spiro atoms.